The summed E-state index contributed by atoms with van der Waals surface area (Å²) in [5.74, 6) is -1.63. The lowest BCUT2D eigenvalue weighted by molar-refractivity contribution is 0.0656. The van der Waals surface area contributed by atoms with Crippen LogP contribution in [0.2, 0.25) is 0 Å². The fourth-order valence-corrected chi connectivity index (χ4v) is 4.12. The van der Waals surface area contributed by atoms with Crippen molar-refractivity contribution in [3.05, 3.63) is 17.9 Å². The highest BCUT2D eigenvalue weighted by Crippen LogP contribution is 2.29. The van der Waals surface area contributed by atoms with Crippen LogP contribution in [0.25, 0.3) is 0 Å². The molecule has 1 N–H and O–H groups in total. The summed E-state index contributed by atoms with van der Waals surface area (Å²) in [4.78, 5) is 10.7. The van der Waals surface area contributed by atoms with Gasteiger partial charge in [-0.15, -0.1) is 0 Å². The van der Waals surface area contributed by atoms with Crippen molar-refractivity contribution in [3.63, 3.8) is 0 Å². The molecule has 2 rings (SSSR count). The molecule has 0 aromatic carbocycles. The monoisotopic (exact) mass is 287 g/mol. The lowest BCUT2D eigenvalue weighted by atomic mass is 10.2. The average Bonchev–Trinajstić information content (AvgIpc) is 3.00. The van der Waals surface area contributed by atoms with Crippen LogP contribution >= 0.6 is 0 Å². The van der Waals surface area contributed by atoms with E-state index >= 15 is 0 Å². The second-order valence-corrected chi connectivity index (χ2v) is 6.39. The normalized spacial score (nSPS) is 17.2. The number of aromatic carboxylic acids is 1. The van der Waals surface area contributed by atoms with Crippen molar-refractivity contribution in [3.8, 4) is 0 Å². The van der Waals surface area contributed by atoms with E-state index in [1.54, 1.807) is 6.92 Å². The van der Waals surface area contributed by atoms with E-state index in [1.807, 2.05) is 0 Å². The molecule has 0 aliphatic heterocycles. The molecule has 19 heavy (non-hydrogen) atoms. The van der Waals surface area contributed by atoms with Gasteiger partial charge in [-0.2, -0.15) is 4.31 Å². The first-order chi connectivity index (χ1) is 8.96. The highest BCUT2D eigenvalue weighted by molar-refractivity contribution is 7.89. The summed E-state index contributed by atoms with van der Waals surface area (Å²) in [6, 6.07) is 2.36. The summed E-state index contributed by atoms with van der Waals surface area (Å²) in [6.45, 7) is 2.13. The number of sulfonamides is 1. The second-order valence-electron chi connectivity index (χ2n) is 4.57. The molecule has 0 amide bonds. The lowest BCUT2D eigenvalue weighted by Crippen LogP contribution is -2.38. The Labute approximate surface area is 112 Å². The smallest absolute Gasteiger partial charge is 0.371 e. The topological polar surface area (TPSA) is 87.8 Å². The Kier molecular flexibility index (Phi) is 3.96. The van der Waals surface area contributed by atoms with Crippen molar-refractivity contribution >= 4 is 16.0 Å². The number of hydrogen-bond acceptors (Lipinski definition) is 4. The fraction of sp³-hybridized carbons (Fsp3) is 0.583. The van der Waals surface area contributed by atoms with Crippen LogP contribution in [-0.2, 0) is 10.0 Å². The molecule has 0 unspecified atom stereocenters. The summed E-state index contributed by atoms with van der Waals surface area (Å²) in [6.07, 6.45) is 3.74. The number of carbonyl (C=O) groups is 1. The molecule has 1 saturated carbocycles. The van der Waals surface area contributed by atoms with Gasteiger partial charge in [0.2, 0.25) is 10.9 Å². The summed E-state index contributed by atoms with van der Waals surface area (Å²) >= 11 is 0. The zero-order valence-corrected chi connectivity index (χ0v) is 11.5. The van der Waals surface area contributed by atoms with Crippen LogP contribution < -0.4 is 0 Å². The zero-order chi connectivity index (χ0) is 14.0. The van der Waals surface area contributed by atoms with Crippen LogP contribution in [0.4, 0.5) is 0 Å². The van der Waals surface area contributed by atoms with Gasteiger partial charge < -0.3 is 9.52 Å². The third-order valence-corrected chi connectivity index (χ3v) is 5.30. The van der Waals surface area contributed by atoms with Crippen molar-refractivity contribution in [2.24, 2.45) is 0 Å². The number of carboxylic acids is 1. The molecule has 1 aromatic rings. The van der Waals surface area contributed by atoms with E-state index in [0.29, 0.717) is 6.54 Å². The summed E-state index contributed by atoms with van der Waals surface area (Å²) in [7, 11) is -3.74. The molecule has 1 fully saturated rings. The van der Waals surface area contributed by atoms with E-state index in [4.69, 9.17) is 9.52 Å². The molecule has 106 valence electrons. The minimum Gasteiger partial charge on any atom is -0.475 e. The van der Waals surface area contributed by atoms with Gasteiger partial charge in [-0.3, -0.25) is 0 Å². The molecule has 1 aliphatic carbocycles. The van der Waals surface area contributed by atoms with Crippen LogP contribution in [0.3, 0.4) is 0 Å². The van der Waals surface area contributed by atoms with Gasteiger partial charge in [0.1, 0.15) is 0 Å². The van der Waals surface area contributed by atoms with Crippen LogP contribution in [0.1, 0.15) is 43.2 Å². The third kappa shape index (κ3) is 2.66. The van der Waals surface area contributed by atoms with E-state index in [9.17, 15) is 13.2 Å². The molecule has 0 bridgehead atoms. The van der Waals surface area contributed by atoms with E-state index < -0.39 is 16.0 Å². The van der Waals surface area contributed by atoms with Gasteiger partial charge in [-0.1, -0.05) is 19.8 Å². The molecule has 7 heteroatoms. The standard InChI is InChI=1S/C12H17NO5S/c1-2-13(9-5-3-4-6-9)19(16,17)11-8-7-10(18-11)12(14)15/h7-9H,2-6H2,1H3,(H,14,15). The molecule has 1 aliphatic rings. The molecule has 6 nitrogen and oxygen atoms in total. The lowest BCUT2D eigenvalue weighted by Gasteiger charge is -2.25. The Hall–Kier alpha value is -1.34. The first-order valence-electron chi connectivity index (χ1n) is 6.31. The minimum atomic E-state index is -3.74. The average molecular weight is 287 g/mol. The van der Waals surface area contributed by atoms with E-state index in [2.05, 4.69) is 0 Å². The molecule has 0 radical (unpaired) electrons. The van der Waals surface area contributed by atoms with E-state index in [1.165, 1.54) is 10.4 Å². The van der Waals surface area contributed by atoms with Crippen LogP contribution in [-0.4, -0.2) is 36.4 Å². The van der Waals surface area contributed by atoms with Gasteiger partial charge in [0.05, 0.1) is 0 Å². The Morgan fingerprint density at radius 1 is 1.42 bits per heavy atom. The fourth-order valence-electron chi connectivity index (χ4n) is 2.51. The van der Waals surface area contributed by atoms with Crippen LogP contribution in [0.15, 0.2) is 21.6 Å². The van der Waals surface area contributed by atoms with Gasteiger partial charge in [-0.05, 0) is 25.0 Å². The van der Waals surface area contributed by atoms with Crippen molar-refractivity contribution in [2.75, 3.05) is 6.54 Å². The Bertz CT molecular complexity index is 556. The number of hydrogen-bond donors (Lipinski definition) is 1. The Morgan fingerprint density at radius 3 is 2.53 bits per heavy atom. The van der Waals surface area contributed by atoms with Crippen molar-refractivity contribution in [2.45, 2.75) is 43.7 Å². The van der Waals surface area contributed by atoms with E-state index in [0.717, 1.165) is 31.7 Å². The number of nitrogens with zero attached hydrogens (tertiary/aromatic N) is 1. The predicted octanol–water partition coefficient (Wildman–Crippen LogP) is 1.93. The highest BCUT2D eigenvalue weighted by atomic mass is 32.2. The largest absolute Gasteiger partial charge is 0.475 e. The van der Waals surface area contributed by atoms with Crippen LogP contribution in [0.5, 0.6) is 0 Å². The maximum Gasteiger partial charge on any atom is 0.371 e. The summed E-state index contributed by atoms with van der Waals surface area (Å²) in [5, 5.41) is 8.48. The van der Waals surface area contributed by atoms with Gasteiger partial charge in [-0.25, -0.2) is 13.2 Å². The van der Waals surface area contributed by atoms with Gasteiger partial charge in [0.15, 0.2) is 0 Å². The van der Waals surface area contributed by atoms with Crippen molar-refractivity contribution in [1.29, 1.82) is 0 Å². The molecule has 0 atom stereocenters. The third-order valence-electron chi connectivity index (χ3n) is 3.40. The zero-order valence-electron chi connectivity index (χ0n) is 10.7. The summed E-state index contributed by atoms with van der Waals surface area (Å²) < 4.78 is 31.2. The molecule has 1 aromatic heterocycles. The maximum absolute atomic E-state index is 12.4. The predicted molar refractivity (Wildman–Crippen MR) is 67.5 cm³/mol. The number of furan rings is 1. The van der Waals surface area contributed by atoms with E-state index in [-0.39, 0.29) is 16.9 Å². The van der Waals surface area contributed by atoms with Gasteiger partial charge in [0.25, 0.3) is 10.0 Å². The SMILES string of the molecule is CCN(C1CCCC1)S(=O)(=O)c1ccc(C(=O)O)o1. The molecule has 1 heterocycles. The number of rotatable bonds is 5. The maximum atomic E-state index is 12.4. The highest BCUT2D eigenvalue weighted by Gasteiger charge is 2.34. The second kappa shape index (κ2) is 5.34. The molecule has 0 saturated heterocycles. The van der Waals surface area contributed by atoms with Crippen LogP contribution in [0, 0.1) is 0 Å². The molecular weight excluding hydrogens is 270 g/mol. The quantitative estimate of drug-likeness (QED) is 0.894. The van der Waals surface area contributed by atoms with Gasteiger partial charge in [0, 0.05) is 12.6 Å². The first kappa shape index (κ1) is 14.1. The Morgan fingerprint density at radius 2 is 2.05 bits per heavy atom. The van der Waals surface area contributed by atoms with Crippen molar-refractivity contribution in [1.82, 2.24) is 4.31 Å². The molecular formula is C12H17NO5S. The Balaban J connectivity index is 2.30. The molecule has 0 spiro atoms. The van der Waals surface area contributed by atoms with Crippen molar-refractivity contribution < 1.29 is 22.7 Å². The van der Waals surface area contributed by atoms with Gasteiger partial charge >= 0.3 is 5.97 Å². The minimum absolute atomic E-state index is 0.00613. The first-order valence-corrected chi connectivity index (χ1v) is 7.75. The number of carboxylic acid groups (broad SMARTS) is 1. The summed E-state index contributed by atoms with van der Waals surface area (Å²) in [5.41, 5.74) is 0.